The van der Waals surface area contributed by atoms with Crippen molar-refractivity contribution in [3.8, 4) is 17.2 Å². The van der Waals surface area contributed by atoms with Gasteiger partial charge in [-0.15, -0.1) is 0 Å². The van der Waals surface area contributed by atoms with E-state index in [9.17, 15) is 13.8 Å². The number of benzene rings is 3. The number of allylic oxidation sites excluding steroid dienone is 1. The van der Waals surface area contributed by atoms with E-state index in [0.29, 0.717) is 55.9 Å². The fourth-order valence-electron chi connectivity index (χ4n) is 3.65. The van der Waals surface area contributed by atoms with Gasteiger partial charge in [-0.3, -0.25) is 9.59 Å². The van der Waals surface area contributed by atoms with Gasteiger partial charge in [0.1, 0.15) is 17.2 Å². The van der Waals surface area contributed by atoms with E-state index in [-0.39, 0.29) is 5.78 Å². The molecule has 33 heavy (non-hydrogen) atoms. The summed E-state index contributed by atoms with van der Waals surface area (Å²) in [6.45, 7) is 3.67. The van der Waals surface area contributed by atoms with E-state index in [1.165, 1.54) is 6.92 Å². The van der Waals surface area contributed by atoms with Gasteiger partial charge in [-0.25, -0.2) is 4.21 Å². The van der Waals surface area contributed by atoms with E-state index in [2.05, 4.69) is 0 Å². The largest absolute Gasteiger partial charge is 0.497 e. The lowest BCUT2D eigenvalue weighted by atomic mass is 9.94. The first kappa shape index (κ1) is 22.5. The summed E-state index contributed by atoms with van der Waals surface area (Å²) in [6, 6.07) is 18.7. The number of carbonyl (C=O) groups is 2. The Kier molecular flexibility index (Phi) is 6.42. The third-order valence-electron chi connectivity index (χ3n) is 5.10. The van der Waals surface area contributed by atoms with Crippen LogP contribution >= 0.6 is 0 Å². The summed E-state index contributed by atoms with van der Waals surface area (Å²) in [5.41, 5.74) is 2.04. The second-order valence-corrected chi connectivity index (χ2v) is 8.63. The monoisotopic (exact) mass is 462 g/mol. The molecule has 1 heterocycles. The summed E-state index contributed by atoms with van der Waals surface area (Å²) in [5.74, 6) is 0.922. The fraction of sp³-hybridized carbons (Fsp3) is 0.154. The van der Waals surface area contributed by atoms with Crippen LogP contribution in [0.25, 0.3) is 10.5 Å². The zero-order chi connectivity index (χ0) is 23.5. The molecule has 0 aliphatic carbocycles. The minimum Gasteiger partial charge on any atom is -0.497 e. The lowest BCUT2D eigenvalue weighted by Crippen LogP contribution is -2.04. The Bertz CT molecular complexity index is 1270. The quantitative estimate of drug-likeness (QED) is 0.283. The molecule has 1 aliphatic rings. The van der Waals surface area contributed by atoms with Gasteiger partial charge in [-0.2, -0.15) is 0 Å². The van der Waals surface area contributed by atoms with E-state index in [1.54, 1.807) is 73.8 Å². The molecule has 0 bridgehead atoms. The molecule has 4 rings (SSSR count). The van der Waals surface area contributed by atoms with Crippen molar-refractivity contribution in [3.63, 3.8) is 0 Å². The first-order valence-corrected chi connectivity index (χ1v) is 11.5. The van der Waals surface area contributed by atoms with Crippen LogP contribution in [0.3, 0.4) is 0 Å². The average molecular weight is 463 g/mol. The average Bonchev–Trinajstić information content (AvgIpc) is 3.11. The summed E-state index contributed by atoms with van der Waals surface area (Å²) in [6.07, 6.45) is 0. The van der Waals surface area contributed by atoms with E-state index in [0.717, 1.165) is 0 Å². The topological polar surface area (TPSA) is 78.9 Å². The number of methoxy groups -OCH3 is 1. The highest BCUT2D eigenvalue weighted by molar-refractivity contribution is 7.95. The Balaban J connectivity index is 1.85. The maximum absolute atomic E-state index is 13.6. The molecule has 0 spiro atoms. The first-order valence-electron chi connectivity index (χ1n) is 10.3. The van der Waals surface area contributed by atoms with Gasteiger partial charge in [0.25, 0.3) is 0 Å². The SMILES string of the molecule is CCOc1ccc2c(c1)S(=O)C(c1ccc(OC(C)=O)cc1)=C2C(=O)c1ccc(OC)cc1. The number of Topliss-reactive ketones (excluding diaryl/α,β-unsaturated/α-hetero) is 1. The molecule has 6 nitrogen and oxygen atoms in total. The van der Waals surface area contributed by atoms with Crippen molar-refractivity contribution < 1.29 is 28.0 Å². The predicted octanol–water partition coefficient (Wildman–Crippen LogP) is 4.89. The lowest BCUT2D eigenvalue weighted by Gasteiger charge is -2.09. The Morgan fingerprint density at radius 2 is 1.52 bits per heavy atom. The zero-order valence-corrected chi connectivity index (χ0v) is 19.2. The van der Waals surface area contributed by atoms with Crippen molar-refractivity contribution in [1.29, 1.82) is 0 Å². The maximum Gasteiger partial charge on any atom is 0.308 e. The molecular weight excluding hydrogens is 440 g/mol. The Hall–Kier alpha value is -3.71. The van der Waals surface area contributed by atoms with Gasteiger partial charge in [-0.1, -0.05) is 12.1 Å². The van der Waals surface area contributed by atoms with Crippen LogP contribution in [0.4, 0.5) is 0 Å². The molecule has 3 aromatic rings. The molecule has 0 amide bonds. The number of fused-ring (bicyclic) bond motifs is 1. The number of ketones is 1. The summed E-state index contributed by atoms with van der Waals surface area (Å²) < 4.78 is 29.5. The first-order chi connectivity index (χ1) is 15.9. The van der Waals surface area contributed by atoms with Gasteiger partial charge in [0.15, 0.2) is 5.78 Å². The molecule has 1 aliphatic heterocycles. The van der Waals surface area contributed by atoms with Crippen LogP contribution in [-0.4, -0.2) is 29.7 Å². The van der Waals surface area contributed by atoms with Crippen molar-refractivity contribution in [1.82, 2.24) is 0 Å². The van der Waals surface area contributed by atoms with Gasteiger partial charge in [-0.05, 0) is 67.1 Å². The van der Waals surface area contributed by atoms with E-state index in [4.69, 9.17) is 14.2 Å². The third-order valence-corrected chi connectivity index (χ3v) is 6.65. The molecule has 0 saturated carbocycles. The number of ether oxygens (including phenoxy) is 3. The lowest BCUT2D eigenvalue weighted by molar-refractivity contribution is -0.131. The standard InChI is InChI=1S/C26H22O6S/c1-4-31-21-13-14-22-23(15-21)33(29)26(18-7-11-20(12-8-18)32-16(2)27)24(22)25(28)17-5-9-19(30-3)10-6-17/h5-15H,4H2,1-3H3. The van der Waals surface area contributed by atoms with Crippen LogP contribution in [-0.2, 0) is 15.6 Å². The fourth-order valence-corrected chi connectivity index (χ4v) is 5.20. The van der Waals surface area contributed by atoms with Gasteiger partial charge in [0.2, 0.25) is 0 Å². The van der Waals surface area contributed by atoms with Crippen molar-refractivity contribution in [3.05, 3.63) is 83.4 Å². The summed E-state index contributed by atoms with van der Waals surface area (Å²) in [7, 11) is -0.0430. The normalized spacial score (nSPS) is 14.6. The summed E-state index contributed by atoms with van der Waals surface area (Å²) in [4.78, 5) is 25.8. The number of hydrogen-bond acceptors (Lipinski definition) is 6. The molecule has 1 unspecified atom stereocenters. The van der Waals surface area contributed by atoms with Crippen molar-refractivity contribution in [2.24, 2.45) is 0 Å². The maximum atomic E-state index is 13.6. The molecule has 7 heteroatoms. The Morgan fingerprint density at radius 3 is 2.12 bits per heavy atom. The molecule has 0 radical (unpaired) electrons. The molecule has 3 aromatic carbocycles. The predicted molar refractivity (Wildman–Crippen MR) is 126 cm³/mol. The zero-order valence-electron chi connectivity index (χ0n) is 18.4. The van der Waals surface area contributed by atoms with E-state index in [1.807, 2.05) is 6.92 Å². The van der Waals surface area contributed by atoms with Crippen molar-refractivity contribution in [2.75, 3.05) is 13.7 Å². The van der Waals surface area contributed by atoms with Crippen LogP contribution in [0.15, 0.2) is 71.6 Å². The minimum atomic E-state index is -1.60. The second-order valence-electron chi connectivity index (χ2n) is 7.24. The number of carbonyl (C=O) groups excluding carboxylic acids is 2. The van der Waals surface area contributed by atoms with Gasteiger partial charge >= 0.3 is 5.97 Å². The van der Waals surface area contributed by atoms with Crippen LogP contribution in [0.1, 0.15) is 35.3 Å². The molecule has 168 valence electrons. The highest BCUT2D eigenvalue weighted by Gasteiger charge is 2.34. The van der Waals surface area contributed by atoms with Crippen LogP contribution in [0.2, 0.25) is 0 Å². The number of esters is 1. The van der Waals surface area contributed by atoms with Crippen LogP contribution in [0, 0.1) is 0 Å². The highest BCUT2D eigenvalue weighted by atomic mass is 32.2. The van der Waals surface area contributed by atoms with Gasteiger partial charge in [0.05, 0.1) is 34.3 Å². The molecule has 0 fully saturated rings. The minimum absolute atomic E-state index is 0.243. The molecule has 0 aromatic heterocycles. The van der Waals surface area contributed by atoms with Crippen molar-refractivity contribution in [2.45, 2.75) is 18.7 Å². The summed E-state index contributed by atoms with van der Waals surface area (Å²) >= 11 is 0. The second kappa shape index (κ2) is 9.42. The third kappa shape index (κ3) is 4.45. The summed E-state index contributed by atoms with van der Waals surface area (Å²) in [5, 5.41) is 0. The van der Waals surface area contributed by atoms with Gasteiger partial charge in [0, 0.05) is 23.6 Å². The Morgan fingerprint density at radius 1 is 0.879 bits per heavy atom. The van der Waals surface area contributed by atoms with Gasteiger partial charge < -0.3 is 14.2 Å². The Labute approximate surface area is 194 Å². The molecule has 0 saturated heterocycles. The smallest absolute Gasteiger partial charge is 0.308 e. The van der Waals surface area contributed by atoms with Crippen LogP contribution in [0.5, 0.6) is 17.2 Å². The highest BCUT2D eigenvalue weighted by Crippen LogP contribution is 2.44. The number of hydrogen-bond donors (Lipinski definition) is 0. The molecular formula is C26H22O6S. The van der Waals surface area contributed by atoms with E-state index >= 15 is 0 Å². The number of rotatable bonds is 7. The van der Waals surface area contributed by atoms with Crippen molar-refractivity contribution >= 4 is 33.0 Å². The molecule has 1 atom stereocenters. The van der Waals surface area contributed by atoms with E-state index < -0.39 is 16.8 Å². The van der Waals surface area contributed by atoms with Crippen LogP contribution < -0.4 is 14.2 Å². The molecule has 0 N–H and O–H groups in total.